The van der Waals surface area contributed by atoms with Gasteiger partial charge >= 0.3 is 5.97 Å². The van der Waals surface area contributed by atoms with Gasteiger partial charge in [0, 0.05) is 19.0 Å². The van der Waals surface area contributed by atoms with E-state index in [0.717, 1.165) is 0 Å². The molecule has 7 heteroatoms. The summed E-state index contributed by atoms with van der Waals surface area (Å²) >= 11 is 0. The predicted octanol–water partition coefficient (Wildman–Crippen LogP) is 0.777. The molecular weight excluding hydrogens is 260 g/mol. The van der Waals surface area contributed by atoms with Crippen LogP contribution in [0.15, 0.2) is 12.3 Å². The van der Waals surface area contributed by atoms with Gasteiger partial charge in [-0.25, -0.2) is 9.78 Å². The van der Waals surface area contributed by atoms with Crippen molar-refractivity contribution in [2.45, 2.75) is 26.3 Å². The van der Waals surface area contributed by atoms with Crippen molar-refractivity contribution in [2.75, 3.05) is 24.7 Å². The quantitative estimate of drug-likeness (QED) is 0.665. The Morgan fingerprint density at radius 1 is 1.45 bits per heavy atom. The molecule has 0 unspecified atom stereocenters. The number of hydrogen-bond donors (Lipinski definition) is 3. The molecule has 1 aromatic rings. The second-order valence-corrected chi connectivity index (χ2v) is 4.56. The smallest absolute Gasteiger partial charge is 0.341 e. The third-order valence-corrected chi connectivity index (χ3v) is 2.41. The minimum absolute atomic E-state index is 0.0671. The molecular formula is C13H20N4O3. The first-order valence-electron chi connectivity index (χ1n) is 6.31. The van der Waals surface area contributed by atoms with Crippen LogP contribution in [0.3, 0.4) is 0 Å². The number of amides is 1. The topological polar surface area (TPSA) is 106 Å². The van der Waals surface area contributed by atoms with Gasteiger partial charge in [0.15, 0.2) is 0 Å². The van der Waals surface area contributed by atoms with E-state index in [9.17, 15) is 9.59 Å². The standard InChI is InChI=1S/C13H20N4O3/c1-8(2)17-11(18)4-5-15-12-10(13(19)20-3)6-9(14)7-16-12/h6-8H,4-5,14H2,1-3H3,(H,15,16)(H,17,18). The third-order valence-electron chi connectivity index (χ3n) is 2.41. The van der Waals surface area contributed by atoms with E-state index in [1.807, 2.05) is 13.8 Å². The lowest BCUT2D eigenvalue weighted by atomic mass is 10.2. The van der Waals surface area contributed by atoms with Crippen LogP contribution in [0, 0.1) is 0 Å². The maximum absolute atomic E-state index is 11.6. The van der Waals surface area contributed by atoms with Gasteiger partial charge in [-0.3, -0.25) is 4.79 Å². The zero-order valence-corrected chi connectivity index (χ0v) is 11.9. The lowest BCUT2D eigenvalue weighted by Crippen LogP contribution is -2.31. The SMILES string of the molecule is COC(=O)c1cc(N)cnc1NCCC(=O)NC(C)C. The first-order chi connectivity index (χ1) is 9.43. The number of carbonyl (C=O) groups excluding carboxylic acids is 2. The maximum Gasteiger partial charge on any atom is 0.341 e. The lowest BCUT2D eigenvalue weighted by molar-refractivity contribution is -0.121. The van der Waals surface area contributed by atoms with Crippen LogP contribution in [0.25, 0.3) is 0 Å². The summed E-state index contributed by atoms with van der Waals surface area (Å²) in [5, 5.41) is 5.71. The molecule has 0 aliphatic carbocycles. The summed E-state index contributed by atoms with van der Waals surface area (Å²) in [4.78, 5) is 27.1. The van der Waals surface area contributed by atoms with E-state index in [2.05, 4.69) is 20.4 Å². The minimum atomic E-state index is -0.529. The minimum Gasteiger partial charge on any atom is -0.465 e. The van der Waals surface area contributed by atoms with Gasteiger partial charge < -0.3 is 21.1 Å². The summed E-state index contributed by atoms with van der Waals surface area (Å²) in [7, 11) is 1.28. The molecule has 0 aliphatic rings. The summed E-state index contributed by atoms with van der Waals surface area (Å²) in [6.45, 7) is 4.14. The Kier molecular flexibility index (Phi) is 5.76. The van der Waals surface area contributed by atoms with E-state index >= 15 is 0 Å². The summed E-state index contributed by atoms with van der Waals surface area (Å²) in [5.41, 5.74) is 6.21. The number of aromatic nitrogens is 1. The highest BCUT2D eigenvalue weighted by Crippen LogP contribution is 2.16. The average Bonchev–Trinajstić information content (AvgIpc) is 2.38. The fourth-order valence-corrected chi connectivity index (χ4v) is 1.58. The number of nitrogens with two attached hydrogens (primary N) is 1. The molecule has 1 rings (SSSR count). The Morgan fingerprint density at radius 2 is 2.15 bits per heavy atom. The number of nitrogen functional groups attached to an aromatic ring is 1. The highest BCUT2D eigenvalue weighted by atomic mass is 16.5. The van der Waals surface area contributed by atoms with E-state index in [1.54, 1.807) is 0 Å². The average molecular weight is 280 g/mol. The number of pyridine rings is 1. The lowest BCUT2D eigenvalue weighted by Gasteiger charge is -2.11. The molecule has 1 aromatic heterocycles. The van der Waals surface area contributed by atoms with E-state index < -0.39 is 5.97 Å². The molecule has 0 saturated heterocycles. The predicted molar refractivity (Wildman–Crippen MR) is 76.4 cm³/mol. The second-order valence-electron chi connectivity index (χ2n) is 4.56. The van der Waals surface area contributed by atoms with Crippen LogP contribution >= 0.6 is 0 Å². The highest BCUT2D eigenvalue weighted by molar-refractivity contribution is 5.95. The Bertz CT molecular complexity index is 489. The largest absolute Gasteiger partial charge is 0.465 e. The van der Waals surface area contributed by atoms with Gasteiger partial charge in [0.2, 0.25) is 5.91 Å². The number of nitrogens with one attached hydrogen (secondary N) is 2. The molecule has 0 atom stereocenters. The van der Waals surface area contributed by atoms with E-state index in [-0.39, 0.29) is 23.9 Å². The molecule has 1 heterocycles. The number of hydrogen-bond acceptors (Lipinski definition) is 6. The van der Waals surface area contributed by atoms with Crippen LogP contribution in [0.4, 0.5) is 11.5 Å². The highest BCUT2D eigenvalue weighted by Gasteiger charge is 2.14. The molecule has 0 fully saturated rings. The molecule has 7 nitrogen and oxygen atoms in total. The molecule has 20 heavy (non-hydrogen) atoms. The number of anilines is 2. The summed E-state index contributed by atoms with van der Waals surface area (Å²) < 4.78 is 4.66. The summed E-state index contributed by atoms with van der Waals surface area (Å²) in [6.07, 6.45) is 1.72. The maximum atomic E-state index is 11.6. The number of methoxy groups -OCH3 is 1. The third kappa shape index (κ3) is 4.75. The first kappa shape index (κ1) is 15.7. The van der Waals surface area contributed by atoms with Gasteiger partial charge in [-0.05, 0) is 19.9 Å². The summed E-state index contributed by atoms with van der Waals surface area (Å²) in [6, 6.07) is 1.58. The van der Waals surface area contributed by atoms with Crippen LogP contribution in [0.1, 0.15) is 30.6 Å². The van der Waals surface area contributed by atoms with Crippen molar-refractivity contribution < 1.29 is 14.3 Å². The number of esters is 1. The molecule has 0 aliphatic heterocycles. The summed E-state index contributed by atoms with van der Waals surface area (Å²) in [5.74, 6) is -0.245. The normalized spacial score (nSPS) is 10.2. The Morgan fingerprint density at radius 3 is 2.75 bits per heavy atom. The molecule has 4 N–H and O–H groups in total. The molecule has 0 saturated carbocycles. The molecule has 110 valence electrons. The zero-order valence-electron chi connectivity index (χ0n) is 11.9. The van der Waals surface area contributed by atoms with E-state index in [4.69, 9.17) is 5.73 Å². The van der Waals surface area contributed by atoms with Crippen molar-refractivity contribution in [3.05, 3.63) is 17.8 Å². The van der Waals surface area contributed by atoms with E-state index in [0.29, 0.717) is 18.1 Å². The van der Waals surface area contributed by atoms with E-state index in [1.165, 1.54) is 19.4 Å². The number of carbonyl (C=O) groups is 2. The second kappa shape index (κ2) is 7.32. The van der Waals surface area contributed by atoms with Gasteiger partial charge in [-0.2, -0.15) is 0 Å². The van der Waals surface area contributed by atoms with Gasteiger partial charge in [0.25, 0.3) is 0 Å². The molecule has 0 spiro atoms. The molecule has 0 radical (unpaired) electrons. The Balaban J connectivity index is 2.64. The first-order valence-corrected chi connectivity index (χ1v) is 6.31. The van der Waals surface area contributed by atoms with Crippen molar-refractivity contribution in [2.24, 2.45) is 0 Å². The van der Waals surface area contributed by atoms with Gasteiger partial charge in [0.1, 0.15) is 11.4 Å². The number of rotatable bonds is 6. The van der Waals surface area contributed by atoms with Gasteiger partial charge in [0.05, 0.1) is 19.0 Å². The number of nitrogens with zero attached hydrogens (tertiary/aromatic N) is 1. The van der Waals surface area contributed by atoms with Crippen LogP contribution in [-0.4, -0.2) is 36.6 Å². The van der Waals surface area contributed by atoms with Gasteiger partial charge in [-0.1, -0.05) is 0 Å². The van der Waals surface area contributed by atoms with Crippen molar-refractivity contribution in [1.82, 2.24) is 10.3 Å². The van der Waals surface area contributed by atoms with Crippen LogP contribution < -0.4 is 16.4 Å². The molecule has 1 amide bonds. The van der Waals surface area contributed by atoms with Crippen LogP contribution in [0.5, 0.6) is 0 Å². The molecule has 0 bridgehead atoms. The van der Waals surface area contributed by atoms with Crippen molar-refractivity contribution >= 4 is 23.4 Å². The number of ether oxygens (including phenoxy) is 1. The molecule has 0 aromatic carbocycles. The van der Waals surface area contributed by atoms with Crippen molar-refractivity contribution in [1.29, 1.82) is 0 Å². The van der Waals surface area contributed by atoms with Crippen molar-refractivity contribution in [3.8, 4) is 0 Å². The Hall–Kier alpha value is -2.31. The fraction of sp³-hybridized carbons (Fsp3) is 0.462. The zero-order chi connectivity index (χ0) is 15.1. The van der Waals surface area contributed by atoms with Crippen LogP contribution in [0.2, 0.25) is 0 Å². The van der Waals surface area contributed by atoms with Crippen molar-refractivity contribution in [3.63, 3.8) is 0 Å². The monoisotopic (exact) mass is 280 g/mol. The van der Waals surface area contributed by atoms with Crippen LogP contribution in [-0.2, 0) is 9.53 Å². The van der Waals surface area contributed by atoms with Gasteiger partial charge in [-0.15, -0.1) is 0 Å². The Labute approximate surface area is 117 Å². The fourth-order valence-electron chi connectivity index (χ4n) is 1.58.